The summed E-state index contributed by atoms with van der Waals surface area (Å²) < 4.78 is 5.24. The molecule has 1 saturated heterocycles. The van der Waals surface area contributed by atoms with Crippen LogP contribution in [0.25, 0.3) is 5.76 Å². The zero-order valence-corrected chi connectivity index (χ0v) is 20.8. The van der Waals surface area contributed by atoms with Crippen molar-refractivity contribution in [3.05, 3.63) is 106 Å². The largest absolute Gasteiger partial charge is 0.507 e. The van der Waals surface area contributed by atoms with Crippen LogP contribution in [0.1, 0.15) is 59.2 Å². The Morgan fingerprint density at radius 2 is 1.60 bits per heavy atom. The van der Waals surface area contributed by atoms with Gasteiger partial charge in [0.15, 0.2) is 0 Å². The van der Waals surface area contributed by atoms with E-state index in [0.717, 1.165) is 27.8 Å². The number of aliphatic hydroxyl groups is 1. The first kappa shape index (κ1) is 24.3. The van der Waals surface area contributed by atoms with Gasteiger partial charge in [0, 0.05) is 12.1 Å². The van der Waals surface area contributed by atoms with Gasteiger partial charge in [-0.05, 0) is 65.8 Å². The lowest BCUT2D eigenvalue weighted by atomic mass is 9.92. The van der Waals surface area contributed by atoms with Crippen LogP contribution in [0.3, 0.4) is 0 Å². The molecule has 1 aliphatic heterocycles. The number of carbonyl (C=O) groups excluding carboxylic acids is 2. The summed E-state index contributed by atoms with van der Waals surface area (Å²) in [6.07, 6.45) is 0. The zero-order chi connectivity index (χ0) is 25.3. The summed E-state index contributed by atoms with van der Waals surface area (Å²) in [5.41, 5.74) is 5.54. The average Bonchev–Trinajstić information content (AvgIpc) is 3.10. The van der Waals surface area contributed by atoms with Gasteiger partial charge in [-0.1, -0.05) is 62.4 Å². The van der Waals surface area contributed by atoms with Crippen molar-refractivity contribution in [2.45, 2.75) is 46.2 Å². The highest BCUT2D eigenvalue weighted by Gasteiger charge is 2.46. The first-order valence-corrected chi connectivity index (χ1v) is 11.8. The van der Waals surface area contributed by atoms with E-state index in [0.29, 0.717) is 17.2 Å². The Hall–Kier alpha value is -3.86. The second-order valence-electron chi connectivity index (χ2n) is 9.40. The lowest BCUT2D eigenvalue weighted by Gasteiger charge is -2.26. The SMILES string of the molecule is COc1ccc(CN2C(=O)C(=O)/C(=C(\O)c3ccc(C)c(C)c3)C2c2ccc(C(C)C)cc2)cc1. The van der Waals surface area contributed by atoms with Gasteiger partial charge >= 0.3 is 0 Å². The summed E-state index contributed by atoms with van der Waals surface area (Å²) in [4.78, 5) is 28.1. The fraction of sp³-hybridized carbons (Fsp3) is 0.267. The molecule has 3 aromatic carbocycles. The Morgan fingerprint density at radius 1 is 0.943 bits per heavy atom. The number of aryl methyl sites for hydroxylation is 2. The molecule has 0 spiro atoms. The monoisotopic (exact) mass is 469 g/mol. The number of amides is 1. The summed E-state index contributed by atoms with van der Waals surface area (Å²) in [6.45, 7) is 8.41. The Bertz CT molecular complexity index is 1290. The number of carbonyl (C=O) groups is 2. The van der Waals surface area contributed by atoms with Crippen molar-refractivity contribution >= 4 is 17.4 Å². The molecule has 4 rings (SSSR count). The molecule has 1 heterocycles. The second kappa shape index (κ2) is 9.79. The lowest BCUT2D eigenvalue weighted by molar-refractivity contribution is -0.140. The smallest absolute Gasteiger partial charge is 0.295 e. The van der Waals surface area contributed by atoms with E-state index in [1.165, 1.54) is 0 Å². The molecule has 1 atom stereocenters. The summed E-state index contributed by atoms with van der Waals surface area (Å²) >= 11 is 0. The quantitative estimate of drug-likeness (QED) is 0.271. The maximum absolute atomic E-state index is 13.3. The van der Waals surface area contributed by atoms with Crippen LogP contribution in [0, 0.1) is 13.8 Å². The van der Waals surface area contributed by atoms with E-state index >= 15 is 0 Å². The third kappa shape index (κ3) is 4.72. The fourth-order valence-electron chi connectivity index (χ4n) is 4.42. The molecule has 1 unspecified atom stereocenters. The van der Waals surface area contributed by atoms with E-state index in [9.17, 15) is 14.7 Å². The maximum Gasteiger partial charge on any atom is 0.295 e. The predicted molar refractivity (Wildman–Crippen MR) is 137 cm³/mol. The lowest BCUT2D eigenvalue weighted by Crippen LogP contribution is -2.29. The van der Waals surface area contributed by atoms with Crippen LogP contribution in [-0.2, 0) is 16.1 Å². The minimum atomic E-state index is -0.695. The van der Waals surface area contributed by atoms with Gasteiger partial charge in [0.2, 0.25) is 0 Å². The van der Waals surface area contributed by atoms with E-state index in [-0.39, 0.29) is 17.9 Å². The number of ketones is 1. The van der Waals surface area contributed by atoms with Gasteiger partial charge in [-0.25, -0.2) is 0 Å². The molecule has 1 aliphatic rings. The highest BCUT2D eigenvalue weighted by atomic mass is 16.5. The van der Waals surface area contributed by atoms with Crippen molar-refractivity contribution in [1.82, 2.24) is 4.90 Å². The fourth-order valence-corrected chi connectivity index (χ4v) is 4.42. The summed E-state index contributed by atoms with van der Waals surface area (Å²) in [6, 6.07) is 20.2. The van der Waals surface area contributed by atoms with Gasteiger partial charge in [0.25, 0.3) is 11.7 Å². The molecule has 1 amide bonds. The third-order valence-electron chi connectivity index (χ3n) is 6.75. The Labute approximate surface area is 206 Å². The van der Waals surface area contributed by atoms with Crippen LogP contribution in [0.4, 0.5) is 0 Å². The average molecular weight is 470 g/mol. The Balaban J connectivity index is 1.84. The van der Waals surface area contributed by atoms with Crippen molar-refractivity contribution in [3.63, 3.8) is 0 Å². The number of hydrogen-bond acceptors (Lipinski definition) is 4. The summed E-state index contributed by atoms with van der Waals surface area (Å²) in [5, 5.41) is 11.3. The topological polar surface area (TPSA) is 66.8 Å². The molecule has 5 heteroatoms. The second-order valence-corrected chi connectivity index (χ2v) is 9.40. The number of benzene rings is 3. The first-order valence-electron chi connectivity index (χ1n) is 11.8. The molecule has 1 N–H and O–H groups in total. The minimum absolute atomic E-state index is 0.115. The van der Waals surface area contributed by atoms with Crippen LogP contribution in [0.2, 0.25) is 0 Å². The highest BCUT2D eigenvalue weighted by Crippen LogP contribution is 2.40. The molecule has 1 fully saturated rings. The zero-order valence-electron chi connectivity index (χ0n) is 20.8. The predicted octanol–water partition coefficient (Wildman–Crippen LogP) is 6.06. The van der Waals surface area contributed by atoms with E-state index in [1.54, 1.807) is 18.1 Å². The molecule has 0 saturated carbocycles. The van der Waals surface area contributed by atoms with Crippen molar-refractivity contribution in [1.29, 1.82) is 0 Å². The Kier molecular flexibility index (Phi) is 6.79. The van der Waals surface area contributed by atoms with E-state index < -0.39 is 17.7 Å². The van der Waals surface area contributed by atoms with Gasteiger partial charge in [-0.3, -0.25) is 9.59 Å². The normalized spacial score (nSPS) is 17.3. The molecular weight excluding hydrogens is 438 g/mol. The van der Waals surface area contributed by atoms with Crippen molar-refractivity contribution in [2.75, 3.05) is 7.11 Å². The molecule has 0 radical (unpaired) electrons. The molecule has 35 heavy (non-hydrogen) atoms. The molecule has 180 valence electrons. The third-order valence-corrected chi connectivity index (χ3v) is 6.75. The van der Waals surface area contributed by atoms with Gasteiger partial charge in [0.05, 0.1) is 18.7 Å². The van der Waals surface area contributed by atoms with Crippen LogP contribution in [0.5, 0.6) is 5.75 Å². The number of likely N-dealkylation sites (tertiary alicyclic amines) is 1. The molecule has 0 aliphatic carbocycles. The van der Waals surface area contributed by atoms with Gasteiger partial charge in [-0.15, -0.1) is 0 Å². The first-order chi connectivity index (χ1) is 16.7. The van der Waals surface area contributed by atoms with Crippen LogP contribution in [0.15, 0.2) is 72.3 Å². The number of rotatable bonds is 6. The van der Waals surface area contributed by atoms with Crippen LogP contribution in [-0.4, -0.2) is 28.8 Å². The number of methoxy groups -OCH3 is 1. The summed E-state index contributed by atoms with van der Waals surface area (Å²) in [7, 11) is 1.60. The number of aliphatic hydroxyl groups excluding tert-OH is 1. The number of nitrogens with zero attached hydrogens (tertiary/aromatic N) is 1. The molecule has 0 bridgehead atoms. The van der Waals surface area contributed by atoms with Crippen molar-refractivity contribution < 1.29 is 19.4 Å². The molecule has 0 aromatic heterocycles. The summed E-state index contributed by atoms with van der Waals surface area (Å²) in [5.74, 6) is -0.380. The van der Waals surface area contributed by atoms with Gasteiger partial charge < -0.3 is 14.7 Å². The van der Waals surface area contributed by atoms with E-state index in [2.05, 4.69) is 13.8 Å². The number of Topliss-reactive ketones (excluding diaryl/α,β-unsaturated/α-hetero) is 1. The number of ether oxygens (including phenoxy) is 1. The molecule has 3 aromatic rings. The van der Waals surface area contributed by atoms with Crippen molar-refractivity contribution in [3.8, 4) is 5.75 Å². The van der Waals surface area contributed by atoms with Crippen LogP contribution >= 0.6 is 0 Å². The van der Waals surface area contributed by atoms with E-state index in [1.807, 2.05) is 74.5 Å². The van der Waals surface area contributed by atoms with E-state index in [4.69, 9.17) is 4.74 Å². The van der Waals surface area contributed by atoms with Gasteiger partial charge in [-0.2, -0.15) is 0 Å². The molecule has 5 nitrogen and oxygen atoms in total. The minimum Gasteiger partial charge on any atom is -0.507 e. The number of hydrogen-bond donors (Lipinski definition) is 1. The van der Waals surface area contributed by atoms with Gasteiger partial charge in [0.1, 0.15) is 11.5 Å². The van der Waals surface area contributed by atoms with Crippen molar-refractivity contribution in [2.24, 2.45) is 0 Å². The van der Waals surface area contributed by atoms with Crippen LogP contribution < -0.4 is 4.74 Å². The maximum atomic E-state index is 13.3. The standard InChI is InChI=1S/C30H31NO4/c1-18(2)22-10-12-23(13-11-22)27-26(28(32)24-9-6-19(3)20(4)16-24)29(33)30(34)31(27)17-21-7-14-25(35-5)15-8-21/h6-16,18,27,32H,17H2,1-5H3/b28-26-. The molecular formula is C30H31NO4. The highest BCUT2D eigenvalue weighted by molar-refractivity contribution is 6.46. The Morgan fingerprint density at radius 3 is 2.17 bits per heavy atom.